The first-order chi connectivity index (χ1) is 16.4. The molecule has 2 atom stereocenters. The Morgan fingerprint density at radius 1 is 1.18 bits per heavy atom. The fourth-order valence-electron chi connectivity index (χ4n) is 4.59. The van der Waals surface area contributed by atoms with E-state index in [-0.39, 0.29) is 17.6 Å². The highest BCUT2D eigenvalue weighted by Gasteiger charge is 2.47. The van der Waals surface area contributed by atoms with Crippen LogP contribution in [-0.4, -0.2) is 51.6 Å². The number of piperidine rings is 1. The molecule has 2 aliphatic rings. The van der Waals surface area contributed by atoms with Gasteiger partial charge < -0.3 is 15.4 Å². The van der Waals surface area contributed by atoms with E-state index in [4.69, 9.17) is 22.1 Å². The third-order valence-electron chi connectivity index (χ3n) is 6.76. The van der Waals surface area contributed by atoms with Gasteiger partial charge in [0, 0.05) is 48.2 Å². The summed E-state index contributed by atoms with van der Waals surface area (Å²) in [5.74, 6) is 7.06. The molecule has 0 saturated carbocycles. The summed E-state index contributed by atoms with van der Waals surface area (Å²) in [5.41, 5.74) is 8.00. The summed E-state index contributed by atoms with van der Waals surface area (Å²) in [5, 5.41) is 5.67. The van der Waals surface area contributed by atoms with Crippen molar-refractivity contribution >= 4 is 29.2 Å². The van der Waals surface area contributed by atoms with Gasteiger partial charge in [-0.2, -0.15) is 5.10 Å². The van der Waals surface area contributed by atoms with Crippen LogP contribution < -0.4 is 10.6 Å². The van der Waals surface area contributed by atoms with Gasteiger partial charge in [-0.15, -0.1) is 0 Å². The van der Waals surface area contributed by atoms with E-state index >= 15 is 0 Å². The lowest BCUT2D eigenvalue weighted by Crippen LogP contribution is -2.50. The van der Waals surface area contributed by atoms with Crippen molar-refractivity contribution in [3.63, 3.8) is 0 Å². The Morgan fingerprint density at radius 3 is 2.65 bits per heavy atom. The molecule has 2 aliphatic heterocycles. The van der Waals surface area contributed by atoms with Gasteiger partial charge in [-0.3, -0.25) is 4.68 Å². The lowest BCUT2D eigenvalue weighted by atomic mass is 9.73. The van der Waals surface area contributed by atoms with Gasteiger partial charge in [0.05, 0.1) is 30.1 Å². The second-order valence-electron chi connectivity index (χ2n) is 8.95. The molecule has 2 N–H and O–H groups in total. The minimum absolute atomic E-state index is 0.0976. The van der Waals surface area contributed by atoms with Crippen LogP contribution in [0.5, 0.6) is 0 Å². The summed E-state index contributed by atoms with van der Waals surface area (Å²) in [6.07, 6.45) is 7.67. The molecule has 0 unspecified atom stereocenters. The first-order valence-electron chi connectivity index (χ1n) is 11.4. The number of aromatic nitrogens is 4. The van der Waals surface area contributed by atoms with Crippen LogP contribution in [0.2, 0.25) is 5.02 Å². The molecule has 2 fully saturated rings. The number of nitrogens with zero attached hydrogens (tertiary/aromatic N) is 5. The molecule has 7 nitrogen and oxygen atoms in total. The summed E-state index contributed by atoms with van der Waals surface area (Å²) in [6, 6.07) is 7.79. The Bertz CT molecular complexity index is 1230. The molecular weight excluding hydrogens is 468 g/mol. The van der Waals surface area contributed by atoms with Crippen LogP contribution in [0.4, 0.5) is 5.82 Å². The summed E-state index contributed by atoms with van der Waals surface area (Å²) in [6.45, 7) is 4.65. The maximum atomic E-state index is 6.64. The Morgan fingerprint density at radius 2 is 2.00 bits per heavy atom. The number of hydrogen-bond acceptors (Lipinski definition) is 7. The van der Waals surface area contributed by atoms with Crippen LogP contribution in [0.1, 0.15) is 31.0 Å². The van der Waals surface area contributed by atoms with Gasteiger partial charge in [0.1, 0.15) is 16.5 Å². The minimum Gasteiger partial charge on any atom is -0.376 e. The molecule has 2 aromatic heterocycles. The van der Waals surface area contributed by atoms with Crippen molar-refractivity contribution in [1.82, 2.24) is 19.7 Å². The second-order valence-corrected chi connectivity index (χ2v) is 10.4. The molecule has 5 rings (SSSR count). The summed E-state index contributed by atoms with van der Waals surface area (Å²) >= 11 is 8.12. The lowest BCUT2D eigenvalue weighted by Gasteiger charge is -2.41. The van der Waals surface area contributed by atoms with Crippen LogP contribution in [0, 0.1) is 17.3 Å². The molecule has 4 heterocycles. The molecule has 2 saturated heterocycles. The third-order valence-corrected chi connectivity index (χ3v) is 8.26. The number of halogens is 1. The fraction of sp³-hybridized carbons (Fsp3) is 0.400. The number of aryl methyl sites for hydroxylation is 1. The van der Waals surface area contributed by atoms with E-state index in [2.05, 4.69) is 38.7 Å². The van der Waals surface area contributed by atoms with Crippen LogP contribution in [0.15, 0.2) is 52.8 Å². The van der Waals surface area contributed by atoms with Gasteiger partial charge in [-0.05, 0) is 43.9 Å². The molecule has 176 valence electrons. The predicted octanol–water partition coefficient (Wildman–Crippen LogP) is 3.75. The highest BCUT2D eigenvalue weighted by atomic mass is 35.5. The summed E-state index contributed by atoms with van der Waals surface area (Å²) in [7, 11) is 1.86. The summed E-state index contributed by atoms with van der Waals surface area (Å²) < 4.78 is 7.55. The molecule has 0 radical (unpaired) electrons. The number of rotatable bonds is 3. The highest BCUT2D eigenvalue weighted by Crippen LogP contribution is 2.42. The van der Waals surface area contributed by atoms with Gasteiger partial charge in [0.15, 0.2) is 0 Å². The zero-order chi connectivity index (χ0) is 23.7. The summed E-state index contributed by atoms with van der Waals surface area (Å²) in [4.78, 5) is 12.5. The Balaban J connectivity index is 1.24. The zero-order valence-corrected chi connectivity index (χ0v) is 20.8. The normalized spacial score (nSPS) is 21.5. The standard InChI is InChI=1S/C25H27ClN6OS/c1-17-24(27)25(16-33-17)9-12-32(13-10-25)21-14-29-22(15-28-21)34-20-5-3-4-18(23(20)26)6-7-19-8-11-31(2)30-19/h3-5,8,11,14-15,17,24H,9-10,12-13,16,27H2,1-2H3/t17-,24+/m0/s1. The smallest absolute Gasteiger partial charge is 0.147 e. The number of anilines is 1. The van der Waals surface area contributed by atoms with Crippen molar-refractivity contribution in [3.8, 4) is 11.8 Å². The SMILES string of the molecule is C[C@@H]1OCC2(CCN(c3cnc(Sc4cccc(C#Cc5ccn(C)n5)c4Cl)cn3)CC2)[C@@H]1N. The molecule has 1 spiro atoms. The quantitative estimate of drug-likeness (QED) is 0.555. The van der Waals surface area contributed by atoms with Gasteiger partial charge >= 0.3 is 0 Å². The van der Waals surface area contributed by atoms with E-state index in [0.29, 0.717) is 10.7 Å². The monoisotopic (exact) mass is 494 g/mol. The van der Waals surface area contributed by atoms with E-state index < -0.39 is 0 Å². The van der Waals surface area contributed by atoms with Crippen molar-refractivity contribution in [1.29, 1.82) is 0 Å². The van der Waals surface area contributed by atoms with Crippen molar-refractivity contribution in [2.45, 2.75) is 41.8 Å². The molecule has 34 heavy (non-hydrogen) atoms. The van der Waals surface area contributed by atoms with E-state index in [0.717, 1.165) is 53.8 Å². The van der Waals surface area contributed by atoms with Gasteiger partial charge in [-0.1, -0.05) is 35.3 Å². The molecule has 0 amide bonds. The molecular formula is C25H27ClN6OS. The molecule has 3 aromatic rings. The first-order valence-corrected chi connectivity index (χ1v) is 12.6. The average Bonchev–Trinajstić information content (AvgIpc) is 3.39. The molecule has 0 bridgehead atoms. The van der Waals surface area contributed by atoms with Crippen molar-refractivity contribution in [2.24, 2.45) is 18.2 Å². The number of ether oxygens (including phenoxy) is 1. The maximum absolute atomic E-state index is 6.64. The van der Waals surface area contributed by atoms with E-state index in [1.165, 1.54) is 11.8 Å². The average molecular weight is 495 g/mol. The van der Waals surface area contributed by atoms with Gasteiger partial charge in [0.2, 0.25) is 0 Å². The van der Waals surface area contributed by atoms with Crippen molar-refractivity contribution < 1.29 is 4.74 Å². The van der Waals surface area contributed by atoms with Crippen LogP contribution in [-0.2, 0) is 11.8 Å². The Kier molecular flexibility index (Phi) is 6.54. The van der Waals surface area contributed by atoms with Crippen molar-refractivity contribution in [2.75, 3.05) is 24.6 Å². The van der Waals surface area contributed by atoms with E-state index in [1.54, 1.807) is 10.9 Å². The van der Waals surface area contributed by atoms with E-state index in [1.807, 2.05) is 43.7 Å². The molecule has 9 heteroatoms. The van der Waals surface area contributed by atoms with Crippen LogP contribution in [0.25, 0.3) is 0 Å². The number of benzene rings is 1. The topological polar surface area (TPSA) is 82.1 Å². The lowest BCUT2D eigenvalue weighted by molar-refractivity contribution is 0.0974. The number of hydrogen-bond donors (Lipinski definition) is 1. The Labute approximate surface area is 209 Å². The highest BCUT2D eigenvalue weighted by molar-refractivity contribution is 7.99. The second kappa shape index (κ2) is 9.59. The largest absolute Gasteiger partial charge is 0.376 e. The zero-order valence-electron chi connectivity index (χ0n) is 19.2. The van der Waals surface area contributed by atoms with Crippen molar-refractivity contribution in [3.05, 3.63) is 59.1 Å². The predicted molar refractivity (Wildman–Crippen MR) is 134 cm³/mol. The third kappa shape index (κ3) is 4.66. The van der Waals surface area contributed by atoms with Crippen LogP contribution in [0.3, 0.4) is 0 Å². The molecule has 1 aromatic carbocycles. The number of nitrogens with two attached hydrogens (primary N) is 1. The minimum atomic E-state index is 0.0976. The van der Waals surface area contributed by atoms with E-state index in [9.17, 15) is 0 Å². The maximum Gasteiger partial charge on any atom is 0.147 e. The first kappa shape index (κ1) is 23.2. The van der Waals surface area contributed by atoms with Crippen LogP contribution >= 0.6 is 23.4 Å². The van der Waals surface area contributed by atoms with Gasteiger partial charge in [0.25, 0.3) is 0 Å². The Hall–Kier alpha value is -2.57. The van der Waals surface area contributed by atoms with Gasteiger partial charge in [-0.25, -0.2) is 9.97 Å². The molecule has 0 aliphatic carbocycles. The fourth-order valence-corrected chi connectivity index (χ4v) is 5.66.